The number of carbonyl (C=O) groups is 6. The molecule has 18 heteroatoms. The van der Waals surface area contributed by atoms with E-state index in [1.54, 1.807) is 6.92 Å². The minimum Gasteiger partial charge on any atom is -0.480 e. The zero-order valence-electron chi connectivity index (χ0n) is 23.8. The molecule has 0 aliphatic rings. The lowest BCUT2D eigenvalue weighted by Crippen LogP contribution is -2.45. The molecule has 4 amide bonds. The molecular formula is C24H42N4O13S. The van der Waals surface area contributed by atoms with Crippen molar-refractivity contribution in [3.63, 3.8) is 0 Å². The molecule has 7 N–H and O–H groups in total. The predicted octanol–water partition coefficient (Wildman–Crippen LogP) is -1.72. The zero-order chi connectivity index (χ0) is 32.1. The van der Waals surface area contributed by atoms with Gasteiger partial charge in [-0.2, -0.15) is 8.42 Å². The molecule has 0 aromatic carbocycles. The van der Waals surface area contributed by atoms with Gasteiger partial charge in [-0.1, -0.05) is 13.8 Å². The SMILES string of the molecule is CCC(=O)NCCCCC(NC(=O)COCCOCCNC(=O)CCC(NC(=O)C(C)CS(=O)(=O)O)C(=O)O)C(=O)O. The van der Waals surface area contributed by atoms with Crippen molar-refractivity contribution in [1.82, 2.24) is 21.3 Å². The Kier molecular flexibility index (Phi) is 19.7. The van der Waals surface area contributed by atoms with Gasteiger partial charge in [0.15, 0.2) is 0 Å². The highest BCUT2D eigenvalue weighted by molar-refractivity contribution is 7.85. The number of carboxylic acids is 2. The van der Waals surface area contributed by atoms with Crippen LogP contribution in [0.4, 0.5) is 0 Å². The van der Waals surface area contributed by atoms with E-state index in [-0.39, 0.29) is 58.1 Å². The number of aliphatic carboxylic acids is 2. The summed E-state index contributed by atoms with van der Waals surface area (Å²) in [5, 5.41) is 28.2. The first-order valence-electron chi connectivity index (χ1n) is 13.4. The number of nitrogens with one attached hydrogen (secondary N) is 4. The Labute approximate surface area is 244 Å². The highest BCUT2D eigenvalue weighted by Crippen LogP contribution is 2.04. The largest absolute Gasteiger partial charge is 0.480 e. The first-order chi connectivity index (χ1) is 19.7. The van der Waals surface area contributed by atoms with Crippen LogP contribution in [-0.4, -0.2) is 116 Å². The molecule has 0 saturated heterocycles. The van der Waals surface area contributed by atoms with Crippen LogP contribution >= 0.6 is 0 Å². The molecule has 3 unspecified atom stereocenters. The molecule has 42 heavy (non-hydrogen) atoms. The highest BCUT2D eigenvalue weighted by atomic mass is 32.2. The average molecular weight is 627 g/mol. The van der Waals surface area contributed by atoms with Crippen LogP contribution < -0.4 is 21.3 Å². The third-order valence-corrected chi connectivity index (χ3v) is 6.47. The van der Waals surface area contributed by atoms with E-state index in [9.17, 15) is 47.4 Å². The molecule has 0 saturated carbocycles. The van der Waals surface area contributed by atoms with Gasteiger partial charge in [0.25, 0.3) is 10.1 Å². The van der Waals surface area contributed by atoms with E-state index < -0.39 is 63.5 Å². The molecule has 0 heterocycles. The van der Waals surface area contributed by atoms with Crippen LogP contribution in [0.5, 0.6) is 0 Å². The van der Waals surface area contributed by atoms with Crippen LogP contribution in [0.2, 0.25) is 0 Å². The lowest BCUT2D eigenvalue weighted by molar-refractivity contribution is -0.143. The van der Waals surface area contributed by atoms with Crippen LogP contribution in [-0.2, 0) is 48.4 Å². The van der Waals surface area contributed by atoms with Gasteiger partial charge in [0, 0.05) is 25.9 Å². The van der Waals surface area contributed by atoms with Gasteiger partial charge in [-0.25, -0.2) is 9.59 Å². The fourth-order valence-corrected chi connectivity index (χ4v) is 4.08. The number of carboxylic acid groups (broad SMARTS) is 2. The molecule has 0 aliphatic carbocycles. The van der Waals surface area contributed by atoms with Crippen molar-refractivity contribution in [2.45, 2.75) is 64.5 Å². The summed E-state index contributed by atoms with van der Waals surface area (Å²) in [6.07, 6.45) is 1.10. The van der Waals surface area contributed by atoms with Gasteiger partial charge in [-0.15, -0.1) is 0 Å². The molecule has 0 aromatic rings. The average Bonchev–Trinajstić information content (AvgIpc) is 2.89. The Hall–Kier alpha value is -3.35. The van der Waals surface area contributed by atoms with Crippen molar-refractivity contribution in [1.29, 1.82) is 0 Å². The van der Waals surface area contributed by atoms with Crippen LogP contribution in [0.1, 0.15) is 52.4 Å². The zero-order valence-corrected chi connectivity index (χ0v) is 24.6. The van der Waals surface area contributed by atoms with Crippen molar-refractivity contribution < 1.29 is 61.4 Å². The molecule has 3 atom stereocenters. The maximum absolute atomic E-state index is 12.0. The maximum Gasteiger partial charge on any atom is 0.326 e. The molecule has 17 nitrogen and oxygen atoms in total. The van der Waals surface area contributed by atoms with Crippen LogP contribution in [0.3, 0.4) is 0 Å². The van der Waals surface area contributed by atoms with Crippen molar-refractivity contribution >= 4 is 45.7 Å². The van der Waals surface area contributed by atoms with E-state index >= 15 is 0 Å². The van der Waals surface area contributed by atoms with Crippen molar-refractivity contribution in [3.8, 4) is 0 Å². The molecule has 0 fully saturated rings. The van der Waals surface area contributed by atoms with Gasteiger partial charge in [-0.05, 0) is 25.7 Å². The fourth-order valence-electron chi connectivity index (χ4n) is 3.29. The molecule has 242 valence electrons. The minimum absolute atomic E-state index is 0.0201. The number of amides is 4. The molecule has 0 bridgehead atoms. The first-order valence-corrected chi connectivity index (χ1v) is 15.0. The van der Waals surface area contributed by atoms with E-state index in [2.05, 4.69) is 21.3 Å². The minimum atomic E-state index is -4.43. The summed E-state index contributed by atoms with van der Waals surface area (Å²) in [5.41, 5.74) is 0. The van der Waals surface area contributed by atoms with Gasteiger partial charge >= 0.3 is 11.9 Å². The second-order valence-corrected chi connectivity index (χ2v) is 10.8. The van der Waals surface area contributed by atoms with Crippen LogP contribution in [0.15, 0.2) is 0 Å². The number of carbonyl (C=O) groups excluding carboxylic acids is 4. The van der Waals surface area contributed by atoms with E-state index in [0.717, 1.165) is 0 Å². The second kappa shape index (κ2) is 21.4. The topological polar surface area (TPSA) is 264 Å². The van der Waals surface area contributed by atoms with E-state index in [4.69, 9.17) is 14.0 Å². The standard InChI is InChI=1S/C24H42N4O13S/c1-3-19(29)25-9-5-4-6-17(23(33)34)27-21(31)14-41-13-12-40-11-10-26-20(30)8-7-18(24(35)36)28-22(32)16(2)15-42(37,38)39/h16-18H,3-15H2,1-2H3,(H,25,29)(H,26,30)(H,27,31)(H,28,32)(H,33,34)(H,35,36)(H,37,38,39). The maximum atomic E-state index is 12.0. The molecular weight excluding hydrogens is 584 g/mol. The van der Waals surface area contributed by atoms with Gasteiger partial charge in [0.2, 0.25) is 23.6 Å². The Morgan fingerprint density at radius 2 is 1.36 bits per heavy atom. The van der Waals surface area contributed by atoms with Crippen LogP contribution in [0.25, 0.3) is 0 Å². The van der Waals surface area contributed by atoms with Crippen molar-refractivity contribution in [2.75, 3.05) is 45.3 Å². The Balaban J connectivity index is 4.07. The number of hydrogen-bond donors (Lipinski definition) is 7. The molecule has 0 aromatic heterocycles. The molecule has 0 spiro atoms. The van der Waals surface area contributed by atoms with Crippen molar-refractivity contribution in [2.24, 2.45) is 5.92 Å². The number of ether oxygens (including phenoxy) is 2. The van der Waals surface area contributed by atoms with Crippen molar-refractivity contribution in [3.05, 3.63) is 0 Å². The summed E-state index contributed by atoms with van der Waals surface area (Å²) in [5.74, 6) is -6.80. The number of rotatable bonds is 24. The summed E-state index contributed by atoms with van der Waals surface area (Å²) in [4.78, 5) is 69.7. The lowest BCUT2D eigenvalue weighted by Gasteiger charge is -2.17. The van der Waals surface area contributed by atoms with E-state index in [0.29, 0.717) is 25.8 Å². The summed E-state index contributed by atoms with van der Waals surface area (Å²) in [6.45, 7) is 3.22. The van der Waals surface area contributed by atoms with Gasteiger partial charge in [-0.3, -0.25) is 23.7 Å². The molecule has 0 radical (unpaired) electrons. The molecule has 0 aliphatic heterocycles. The lowest BCUT2D eigenvalue weighted by atomic mass is 10.1. The normalized spacial score (nSPS) is 13.3. The Morgan fingerprint density at radius 3 is 1.95 bits per heavy atom. The quantitative estimate of drug-likeness (QED) is 0.0465. The first kappa shape index (κ1) is 38.6. The van der Waals surface area contributed by atoms with E-state index in [1.165, 1.54) is 6.92 Å². The Bertz CT molecular complexity index is 1010. The predicted molar refractivity (Wildman–Crippen MR) is 146 cm³/mol. The number of unbranched alkanes of at least 4 members (excludes halogenated alkanes) is 1. The third kappa shape index (κ3) is 20.5. The monoisotopic (exact) mass is 626 g/mol. The third-order valence-electron chi connectivity index (χ3n) is 5.55. The molecule has 0 rings (SSSR count). The fraction of sp³-hybridized carbons (Fsp3) is 0.750. The summed E-state index contributed by atoms with van der Waals surface area (Å²) < 4.78 is 40.9. The number of hydrogen-bond acceptors (Lipinski definition) is 10. The second-order valence-electron chi connectivity index (χ2n) is 9.26. The summed E-state index contributed by atoms with van der Waals surface area (Å²) in [6, 6.07) is -2.53. The van der Waals surface area contributed by atoms with Gasteiger partial charge in [0.05, 0.1) is 31.5 Å². The van der Waals surface area contributed by atoms with Gasteiger partial charge < -0.3 is 41.0 Å². The highest BCUT2D eigenvalue weighted by Gasteiger charge is 2.26. The van der Waals surface area contributed by atoms with Gasteiger partial charge in [0.1, 0.15) is 18.7 Å². The summed E-state index contributed by atoms with van der Waals surface area (Å²) >= 11 is 0. The smallest absolute Gasteiger partial charge is 0.326 e. The summed E-state index contributed by atoms with van der Waals surface area (Å²) in [7, 11) is -4.43. The van der Waals surface area contributed by atoms with E-state index in [1.807, 2.05) is 0 Å². The Morgan fingerprint density at radius 1 is 0.762 bits per heavy atom. The van der Waals surface area contributed by atoms with Crippen LogP contribution in [0, 0.1) is 5.92 Å².